The summed E-state index contributed by atoms with van der Waals surface area (Å²) in [5, 5.41) is 6.41. The highest BCUT2D eigenvalue weighted by Crippen LogP contribution is 2.22. The van der Waals surface area contributed by atoms with Crippen LogP contribution in [0.2, 0.25) is 5.02 Å². The minimum Gasteiger partial charge on any atom is -0.324 e. The lowest BCUT2D eigenvalue weighted by Gasteiger charge is -2.13. The number of thioether (sulfide) groups is 1. The second-order valence-electron chi connectivity index (χ2n) is 6.51. The Morgan fingerprint density at radius 3 is 2.70 bits per heavy atom. The van der Waals surface area contributed by atoms with Crippen LogP contribution in [0.1, 0.15) is 4.88 Å². The van der Waals surface area contributed by atoms with Crippen molar-refractivity contribution in [2.75, 3.05) is 11.1 Å². The first-order chi connectivity index (χ1) is 14.6. The third kappa shape index (κ3) is 4.75. The quantitative estimate of drug-likeness (QED) is 0.311. The number of rotatable bonds is 7. The third-order valence-electron chi connectivity index (χ3n) is 4.47. The molecular weight excluding hydrogens is 438 g/mol. The number of aromatic nitrogens is 2. The molecule has 152 valence electrons. The molecule has 1 amide bonds. The van der Waals surface area contributed by atoms with Crippen molar-refractivity contribution in [3.63, 3.8) is 0 Å². The third-order valence-corrected chi connectivity index (χ3v) is 6.71. The highest BCUT2D eigenvalue weighted by Gasteiger charge is 2.14. The van der Waals surface area contributed by atoms with Crippen LogP contribution >= 0.6 is 34.7 Å². The van der Waals surface area contributed by atoms with Gasteiger partial charge in [-0.1, -0.05) is 53.7 Å². The summed E-state index contributed by atoms with van der Waals surface area (Å²) >= 11 is 9.01. The van der Waals surface area contributed by atoms with E-state index in [9.17, 15) is 9.59 Å². The molecule has 0 bridgehead atoms. The SMILES string of the molecule is O=C(CSc1nc2ccccc2c(=O)n1CCc1cccs1)Nc1ccccc1Cl. The number of anilines is 1. The van der Waals surface area contributed by atoms with E-state index in [1.807, 2.05) is 41.8 Å². The zero-order valence-corrected chi connectivity index (χ0v) is 18.3. The van der Waals surface area contributed by atoms with Crippen molar-refractivity contribution in [1.29, 1.82) is 0 Å². The molecule has 1 N–H and O–H groups in total. The summed E-state index contributed by atoms with van der Waals surface area (Å²) in [6.07, 6.45) is 0.733. The maximum absolute atomic E-state index is 13.1. The number of aryl methyl sites for hydroxylation is 1. The maximum Gasteiger partial charge on any atom is 0.262 e. The van der Waals surface area contributed by atoms with Crippen LogP contribution in [0.4, 0.5) is 5.69 Å². The number of carbonyl (C=O) groups excluding carboxylic acids is 1. The molecule has 4 rings (SSSR count). The average Bonchev–Trinajstić information content (AvgIpc) is 3.27. The van der Waals surface area contributed by atoms with Gasteiger partial charge in [-0.25, -0.2) is 4.98 Å². The van der Waals surface area contributed by atoms with Crippen molar-refractivity contribution in [2.45, 2.75) is 18.1 Å². The minimum absolute atomic E-state index is 0.0915. The fourth-order valence-electron chi connectivity index (χ4n) is 3.01. The van der Waals surface area contributed by atoms with Gasteiger partial charge in [-0.2, -0.15) is 0 Å². The fraction of sp³-hybridized carbons (Fsp3) is 0.136. The van der Waals surface area contributed by atoms with E-state index < -0.39 is 0 Å². The van der Waals surface area contributed by atoms with Gasteiger partial charge >= 0.3 is 0 Å². The smallest absolute Gasteiger partial charge is 0.262 e. The lowest BCUT2D eigenvalue weighted by Crippen LogP contribution is -2.25. The summed E-state index contributed by atoms with van der Waals surface area (Å²) in [7, 11) is 0. The summed E-state index contributed by atoms with van der Waals surface area (Å²) in [6, 6.07) is 18.4. The monoisotopic (exact) mass is 455 g/mol. The van der Waals surface area contributed by atoms with Crippen molar-refractivity contribution >= 4 is 57.2 Å². The highest BCUT2D eigenvalue weighted by atomic mass is 35.5. The van der Waals surface area contributed by atoms with Gasteiger partial charge in [0.1, 0.15) is 0 Å². The van der Waals surface area contributed by atoms with Crippen molar-refractivity contribution in [2.24, 2.45) is 0 Å². The molecule has 0 unspecified atom stereocenters. The molecule has 2 aromatic heterocycles. The first-order valence-electron chi connectivity index (χ1n) is 9.31. The molecule has 0 aliphatic rings. The minimum atomic E-state index is -0.208. The van der Waals surface area contributed by atoms with Gasteiger partial charge in [0.25, 0.3) is 5.56 Å². The molecule has 2 aromatic carbocycles. The molecule has 8 heteroatoms. The zero-order chi connectivity index (χ0) is 20.9. The number of benzene rings is 2. The number of hydrogen-bond donors (Lipinski definition) is 1. The van der Waals surface area contributed by atoms with Crippen LogP contribution in [0.5, 0.6) is 0 Å². The molecule has 4 aromatic rings. The molecule has 0 aliphatic heterocycles. The van der Waals surface area contributed by atoms with Gasteiger partial charge in [0.15, 0.2) is 5.16 Å². The van der Waals surface area contributed by atoms with Crippen LogP contribution in [0, 0.1) is 0 Å². The lowest BCUT2D eigenvalue weighted by atomic mass is 10.2. The maximum atomic E-state index is 13.1. The Kier molecular flexibility index (Phi) is 6.52. The van der Waals surface area contributed by atoms with E-state index in [1.165, 1.54) is 16.6 Å². The Balaban J connectivity index is 1.56. The van der Waals surface area contributed by atoms with Crippen LogP contribution in [0.15, 0.2) is 76.0 Å². The van der Waals surface area contributed by atoms with Crippen LogP contribution in [-0.2, 0) is 17.8 Å². The summed E-state index contributed by atoms with van der Waals surface area (Å²) in [5.41, 5.74) is 1.10. The topological polar surface area (TPSA) is 64.0 Å². The molecule has 5 nitrogen and oxygen atoms in total. The standard InChI is InChI=1S/C22H18ClN3O2S2/c23-17-8-2-4-10-19(17)24-20(27)14-30-22-25-18-9-3-1-7-16(18)21(28)26(22)12-11-15-6-5-13-29-15/h1-10,13H,11-12,14H2,(H,24,27). The zero-order valence-electron chi connectivity index (χ0n) is 15.9. The number of carbonyl (C=O) groups is 1. The number of hydrogen-bond acceptors (Lipinski definition) is 5. The number of nitrogens with zero attached hydrogens (tertiary/aromatic N) is 2. The van der Waals surface area contributed by atoms with Gasteiger partial charge in [0, 0.05) is 11.4 Å². The molecule has 0 spiro atoms. The number of halogens is 1. The molecule has 0 aliphatic carbocycles. The first-order valence-corrected chi connectivity index (χ1v) is 11.6. The Labute approximate surface area is 186 Å². The second-order valence-corrected chi connectivity index (χ2v) is 8.90. The molecule has 30 heavy (non-hydrogen) atoms. The molecule has 0 fully saturated rings. The van der Waals surface area contributed by atoms with Gasteiger partial charge in [0.05, 0.1) is 27.4 Å². The van der Waals surface area contributed by atoms with Crippen LogP contribution in [-0.4, -0.2) is 21.2 Å². The summed E-state index contributed by atoms with van der Waals surface area (Å²) < 4.78 is 1.66. The molecule has 2 heterocycles. The Bertz CT molecular complexity index is 1240. The van der Waals surface area contributed by atoms with E-state index >= 15 is 0 Å². The Morgan fingerprint density at radius 2 is 1.90 bits per heavy atom. The molecule has 0 saturated carbocycles. The van der Waals surface area contributed by atoms with Gasteiger partial charge in [-0.3, -0.25) is 14.2 Å². The normalized spacial score (nSPS) is 11.0. The molecular formula is C22H18ClN3O2S2. The Morgan fingerprint density at radius 1 is 1.10 bits per heavy atom. The van der Waals surface area contributed by atoms with Crippen LogP contribution in [0.25, 0.3) is 10.9 Å². The number of amides is 1. The number of para-hydroxylation sites is 2. The predicted molar refractivity (Wildman–Crippen MR) is 125 cm³/mol. The van der Waals surface area contributed by atoms with E-state index in [0.717, 1.165) is 6.42 Å². The summed E-state index contributed by atoms with van der Waals surface area (Å²) in [5.74, 6) is -0.0880. The largest absolute Gasteiger partial charge is 0.324 e. The van der Waals surface area contributed by atoms with E-state index in [-0.39, 0.29) is 17.2 Å². The average molecular weight is 456 g/mol. The van der Waals surface area contributed by atoms with Crippen molar-refractivity contribution in [3.05, 3.63) is 86.3 Å². The van der Waals surface area contributed by atoms with Crippen LogP contribution in [0.3, 0.4) is 0 Å². The van der Waals surface area contributed by atoms with E-state index in [1.54, 1.807) is 40.2 Å². The van der Waals surface area contributed by atoms with Gasteiger partial charge in [0.2, 0.25) is 5.91 Å². The van der Waals surface area contributed by atoms with Crippen molar-refractivity contribution < 1.29 is 4.79 Å². The Hall–Kier alpha value is -2.61. The van der Waals surface area contributed by atoms with Crippen molar-refractivity contribution in [1.82, 2.24) is 9.55 Å². The van der Waals surface area contributed by atoms with Crippen molar-refractivity contribution in [3.8, 4) is 0 Å². The highest BCUT2D eigenvalue weighted by molar-refractivity contribution is 7.99. The molecule has 0 atom stereocenters. The van der Waals surface area contributed by atoms with E-state index in [4.69, 9.17) is 11.6 Å². The van der Waals surface area contributed by atoms with E-state index in [0.29, 0.717) is 33.3 Å². The van der Waals surface area contributed by atoms with Gasteiger partial charge in [-0.15, -0.1) is 11.3 Å². The molecule has 0 saturated heterocycles. The summed E-state index contributed by atoms with van der Waals surface area (Å²) in [6.45, 7) is 0.506. The first kappa shape index (κ1) is 20.7. The predicted octanol–water partition coefficient (Wildman–Crippen LogP) is 5.08. The van der Waals surface area contributed by atoms with E-state index in [2.05, 4.69) is 10.3 Å². The number of fused-ring (bicyclic) bond motifs is 1. The second kappa shape index (κ2) is 9.47. The summed E-state index contributed by atoms with van der Waals surface area (Å²) in [4.78, 5) is 31.4. The number of thiophene rings is 1. The van der Waals surface area contributed by atoms with Crippen LogP contribution < -0.4 is 10.9 Å². The number of nitrogens with one attached hydrogen (secondary N) is 1. The lowest BCUT2D eigenvalue weighted by molar-refractivity contribution is -0.113. The molecule has 0 radical (unpaired) electrons. The fourth-order valence-corrected chi connectivity index (χ4v) is 4.72. The van der Waals surface area contributed by atoms with Gasteiger partial charge in [-0.05, 0) is 42.1 Å². The van der Waals surface area contributed by atoms with Gasteiger partial charge < -0.3 is 5.32 Å².